The van der Waals surface area contributed by atoms with Crippen LogP contribution in [0.4, 0.5) is 0 Å². The molecule has 0 saturated heterocycles. The summed E-state index contributed by atoms with van der Waals surface area (Å²) in [5, 5.41) is 50.2. The first-order valence-electron chi connectivity index (χ1n) is 18.0. The minimum Gasteiger partial charge on any atom is -0.506 e. The van der Waals surface area contributed by atoms with Crippen molar-refractivity contribution in [3.63, 3.8) is 0 Å². The number of aromatic hydroxyl groups is 2. The molecular weight excluding hydrogens is 721 g/mol. The van der Waals surface area contributed by atoms with Gasteiger partial charge in [0.05, 0.1) is 11.4 Å². The Morgan fingerprint density at radius 1 is 0.536 bits per heavy atom. The lowest BCUT2D eigenvalue weighted by atomic mass is 10.1. The van der Waals surface area contributed by atoms with Gasteiger partial charge in [-0.1, -0.05) is 76.2 Å². The van der Waals surface area contributed by atoms with Gasteiger partial charge in [0.15, 0.2) is 16.9 Å². The standard InChI is InChI=1S/4C9H12N4O/c1-5(2)8-7(14)4-6-9(10-8)11-12-13(6)3;1-5(2)8-7(14)4-6-9(10-8)13(3)12-11-6;1-5(2)6-4-7-8(10-9(6)14)11-12-13(7)3;1-5(2)6-4-7-8(10-9(6)14)13(3)12-11-7/h2*4-5,14H,1-3H3;2*4-5H,1-3H3,(H,10,14). The molecule has 20 nitrogen and oxygen atoms in total. The summed E-state index contributed by atoms with van der Waals surface area (Å²) in [6.45, 7) is 15.9. The molecule has 4 N–H and O–H groups in total. The summed E-state index contributed by atoms with van der Waals surface area (Å²) in [5.41, 5.74) is 8.17. The van der Waals surface area contributed by atoms with E-state index in [2.05, 4.69) is 61.2 Å². The van der Waals surface area contributed by atoms with E-state index in [1.165, 1.54) is 0 Å². The number of aryl methyl sites for hydroxylation is 4. The number of hydrogen-bond donors (Lipinski definition) is 4. The van der Waals surface area contributed by atoms with Gasteiger partial charge in [0.1, 0.15) is 33.6 Å². The number of nitrogens with one attached hydrogen (secondary N) is 2. The van der Waals surface area contributed by atoms with Crippen LogP contribution in [0, 0.1) is 0 Å². The van der Waals surface area contributed by atoms with Crippen molar-refractivity contribution < 1.29 is 10.2 Å². The van der Waals surface area contributed by atoms with E-state index >= 15 is 0 Å². The molecule has 0 radical (unpaired) electrons. The Bertz CT molecular complexity index is 2750. The Balaban J connectivity index is 0.000000143. The highest BCUT2D eigenvalue weighted by molar-refractivity contribution is 5.73. The molecule has 8 heterocycles. The minimum atomic E-state index is -0.0759. The van der Waals surface area contributed by atoms with Crippen molar-refractivity contribution in [3.8, 4) is 11.5 Å². The largest absolute Gasteiger partial charge is 0.506 e. The van der Waals surface area contributed by atoms with Crippen LogP contribution in [0.5, 0.6) is 11.5 Å². The van der Waals surface area contributed by atoms with Gasteiger partial charge in [-0.3, -0.25) is 9.59 Å². The second-order valence-corrected chi connectivity index (χ2v) is 14.5. The van der Waals surface area contributed by atoms with Gasteiger partial charge in [0.25, 0.3) is 11.1 Å². The van der Waals surface area contributed by atoms with Gasteiger partial charge >= 0.3 is 0 Å². The predicted octanol–water partition coefficient (Wildman–Crippen LogP) is 3.94. The van der Waals surface area contributed by atoms with Crippen LogP contribution >= 0.6 is 0 Å². The molecule has 0 fully saturated rings. The van der Waals surface area contributed by atoms with Crippen molar-refractivity contribution >= 4 is 44.7 Å². The number of nitrogens with zero attached hydrogens (tertiary/aromatic N) is 14. The van der Waals surface area contributed by atoms with Gasteiger partial charge in [-0.25, -0.2) is 28.7 Å². The number of hydrogen-bond acceptors (Lipinski definition) is 14. The zero-order valence-corrected chi connectivity index (χ0v) is 33.6. The van der Waals surface area contributed by atoms with Gasteiger partial charge in [-0.2, -0.15) is 0 Å². The molecule has 0 bridgehead atoms. The normalized spacial score (nSPS) is 11.4. The van der Waals surface area contributed by atoms with E-state index in [-0.39, 0.29) is 46.3 Å². The molecular formula is C36H48N16O4. The third-order valence-electron chi connectivity index (χ3n) is 8.83. The van der Waals surface area contributed by atoms with Crippen molar-refractivity contribution in [2.45, 2.75) is 79.1 Å². The van der Waals surface area contributed by atoms with Crippen LogP contribution in [0.2, 0.25) is 0 Å². The highest BCUT2D eigenvalue weighted by Crippen LogP contribution is 2.27. The first-order chi connectivity index (χ1) is 26.4. The molecule has 8 aromatic heterocycles. The Morgan fingerprint density at radius 2 is 1.05 bits per heavy atom. The van der Waals surface area contributed by atoms with Crippen LogP contribution in [0.15, 0.2) is 33.9 Å². The van der Waals surface area contributed by atoms with Crippen LogP contribution in [-0.4, -0.2) is 90.1 Å². The van der Waals surface area contributed by atoms with E-state index in [1.54, 1.807) is 65.1 Å². The fourth-order valence-corrected chi connectivity index (χ4v) is 5.66. The van der Waals surface area contributed by atoms with Crippen molar-refractivity contribution in [1.29, 1.82) is 0 Å². The molecule has 56 heavy (non-hydrogen) atoms. The number of aromatic nitrogens is 16. The summed E-state index contributed by atoms with van der Waals surface area (Å²) in [6, 6.07) is 6.90. The Labute approximate surface area is 320 Å². The molecule has 0 spiro atoms. The lowest BCUT2D eigenvalue weighted by Crippen LogP contribution is -2.14. The van der Waals surface area contributed by atoms with Crippen LogP contribution in [0.25, 0.3) is 44.7 Å². The maximum absolute atomic E-state index is 11.6. The highest BCUT2D eigenvalue weighted by Gasteiger charge is 2.14. The third kappa shape index (κ3) is 8.53. The second kappa shape index (κ2) is 16.4. The Kier molecular flexibility index (Phi) is 11.9. The third-order valence-corrected chi connectivity index (χ3v) is 8.83. The zero-order chi connectivity index (χ0) is 41.2. The van der Waals surface area contributed by atoms with Gasteiger partial charge < -0.3 is 20.2 Å². The fraction of sp³-hybridized carbons (Fsp3) is 0.444. The molecule has 0 unspecified atom stereocenters. The molecule has 20 heteroatoms. The van der Waals surface area contributed by atoms with E-state index in [0.717, 1.165) is 27.7 Å². The first-order valence-corrected chi connectivity index (χ1v) is 18.0. The summed E-state index contributed by atoms with van der Waals surface area (Å²) in [4.78, 5) is 37.2. The summed E-state index contributed by atoms with van der Waals surface area (Å²) in [5.74, 6) is 1.17. The molecule has 0 amide bonds. The Morgan fingerprint density at radius 3 is 1.70 bits per heavy atom. The summed E-state index contributed by atoms with van der Waals surface area (Å²) in [6.07, 6.45) is 0. The maximum atomic E-state index is 11.6. The number of H-pyrrole nitrogens is 2. The fourth-order valence-electron chi connectivity index (χ4n) is 5.66. The average molecular weight is 769 g/mol. The zero-order valence-electron chi connectivity index (χ0n) is 33.6. The van der Waals surface area contributed by atoms with E-state index in [0.29, 0.717) is 39.5 Å². The SMILES string of the molecule is CC(C)c1cc2c(nnn2C)[nH]c1=O.CC(C)c1cc2nnn(C)c2[nH]c1=O.CC(C)c1nc2c(cc1O)nnn2C.CC(C)c1nc2nnn(C)c2cc1O. The highest BCUT2D eigenvalue weighted by atomic mass is 16.3. The summed E-state index contributed by atoms with van der Waals surface area (Å²) in [7, 11) is 7.10. The summed E-state index contributed by atoms with van der Waals surface area (Å²) < 4.78 is 6.39. The molecule has 0 atom stereocenters. The average Bonchev–Trinajstić information content (AvgIpc) is 3.89. The molecule has 0 aliphatic heterocycles. The quantitative estimate of drug-likeness (QED) is 0.198. The molecule has 8 rings (SSSR count). The molecule has 0 aliphatic carbocycles. The maximum Gasteiger partial charge on any atom is 0.253 e. The summed E-state index contributed by atoms with van der Waals surface area (Å²) >= 11 is 0. The first kappa shape index (κ1) is 40.6. The van der Waals surface area contributed by atoms with Crippen LogP contribution < -0.4 is 11.1 Å². The number of aromatic amines is 2. The lowest BCUT2D eigenvalue weighted by molar-refractivity contribution is 0.460. The van der Waals surface area contributed by atoms with E-state index < -0.39 is 0 Å². The smallest absolute Gasteiger partial charge is 0.253 e. The molecule has 0 aliphatic rings. The van der Waals surface area contributed by atoms with E-state index in [4.69, 9.17) is 0 Å². The topological polar surface area (TPSA) is 255 Å². The van der Waals surface area contributed by atoms with Crippen molar-refractivity contribution in [2.24, 2.45) is 28.2 Å². The van der Waals surface area contributed by atoms with Gasteiger partial charge in [-0.15, -0.1) is 20.4 Å². The van der Waals surface area contributed by atoms with Crippen molar-refractivity contribution in [1.82, 2.24) is 79.9 Å². The number of rotatable bonds is 4. The molecule has 296 valence electrons. The van der Waals surface area contributed by atoms with Crippen LogP contribution in [0.1, 0.15) is 102 Å². The van der Waals surface area contributed by atoms with E-state index in [9.17, 15) is 19.8 Å². The van der Waals surface area contributed by atoms with Crippen molar-refractivity contribution in [3.05, 3.63) is 67.5 Å². The second-order valence-electron chi connectivity index (χ2n) is 14.5. The molecule has 8 aromatic rings. The van der Waals surface area contributed by atoms with Gasteiger partial charge in [0.2, 0.25) is 5.65 Å². The monoisotopic (exact) mass is 768 g/mol. The lowest BCUT2D eigenvalue weighted by Gasteiger charge is -2.06. The van der Waals surface area contributed by atoms with Crippen LogP contribution in [-0.2, 0) is 28.2 Å². The Hall–Kier alpha value is -6.60. The number of pyridine rings is 4. The van der Waals surface area contributed by atoms with Crippen molar-refractivity contribution in [2.75, 3.05) is 0 Å². The van der Waals surface area contributed by atoms with Crippen LogP contribution in [0.3, 0.4) is 0 Å². The van der Waals surface area contributed by atoms with Gasteiger partial charge in [0, 0.05) is 51.5 Å². The van der Waals surface area contributed by atoms with E-state index in [1.807, 2.05) is 61.5 Å². The minimum absolute atomic E-state index is 0.0575. The molecule has 0 saturated carbocycles. The van der Waals surface area contributed by atoms with Gasteiger partial charge in [-0.05, 0) is 35.8 Å². The number of fused-ring (bicyclic) bond motifs is 4. The predicted molar refractivity (Wildman–Crippen MR) is 211 cm³/mol. The molecule has 0 aromatic carbocycles.